The molecule has 0 aliphatic rings. The van der Waals surface area contributed by atoms with Crippen LogP contribution in [-0.4, -0.2) is 44.4 Å². The van der Waals surface area contributed by atoms with E-state index in [4.69, 9.17) is 9.47 Å². The molecule has 114 valence electrons. The average molecular weight is 304 g/mol. The summed E-state index contributed by atoms with van der Waals surface area (Å²) in [6.45, 7) is 7.31. The molecule has 0 spiro atoms. The normalized spacial score (nSPS) is 10.0. The maximum Gasteiger partial charge on any atom is 0.342 e. The van der Waals surface area contributed by atoms with Crippen molar-refractivity contribution < 1.29 is 36.7 Å². The highest BCUT2D eigenvalue weighted by molar-refractivity contribution is 5.92. The molecular weight excluding hydrogens is 282 g/mol. The molecule has 0 aliphatic heterocycles. The van der Waals surface area contributed by atoms with Crippen molar-refractivity contribution in [2.75, 3.05) is 33.4 Å². The Bertz CT molecular complexity index is 422. The quantitative estimate of drug-likeness (QED) is 0.546. The summed E-state index contributed by atoms with van der Waals surface area (Å²) in [6.07, 6.45) is 0. The number of esters is 1. The molecule has 0 amide bonds. The van der Waals surface area contributed by atoms with Gasteiger partial charge in [0.25, 0.3) is 0 Å². The SMILES string of the molecule is CC[NH+](CC)CCOC(=O)c1ccc(OC)cc1O.[Cl-]. The van der Waals surface area contributed by atoms with Crippen molar-refractivity contribution in [3.8, 4) is 11.5 Å². The van der Waals surface area contributed by atoms with Gasteiger partial charge in [0, 0.05) is 6.07 Å². The third kappa shape index (κ3) is 5.27. The zero-order valence-electron chi connectivity index (χ0n) is 12.1. The molecule has 0 fully saturated rings. The summed E-state index contributed by atoms with van der Waals surface area (Å²) in [7, 11) is 1.50. The zero-order valence-corrected chi connectivity index (χ0v) is 12.9. The van der Waals surface area contributed by atoms with Gasteiger partial charge in [-0.05, 0) is 26.0 Å². The number of methoxy groups -OCH3 is 1. The summed E-state index contributed by atoms with van der Waals surface area (Å²) in [6, 6.07) is 4.51. The number of halogens is 1. The first-order valence-electron chi connectivity index (χ1n) is 6.50. The van der Waals surface area contributed by atoms with Crippen LogP contribution in [0.1, 0.15) is 24.2 Å². The third-order valence-corrected chi connectivity index (χ3v) is 3.11. The van der Waals surface area contributed by atoms with Crippen LogP contribution in [0.3, 0.4) is 0 Å². The van der Waals surface area contributed by atoms with Crippen molar-refractivity contribution in [2.24, 2.45) is 0 Å². The summed E-state index contributed by atoms with van der Waals surface area (Å²) in [4.78, 5) is 13.2. The topological polar surface area (TPSA) is 60.2 Å². The highest BCUT2D eigenvalue weighted by Gasteiger charge is 2.14. The maximum atomic E-state index is 11.8. The van der Waals surface area contributed by atoms with Crippen LogP contribution in [-0.2, 0) is 4.74 Å². The van der Waals surface area contributed by atoms with Crippen molar-refractivity contribution >= 4 is 5.97 Å². The Morgan fingerprint density at radius 1 is 1.30 bits per heavy atom. The van der Waals surface area contributed by atoms with Gasteiger partial charge in [0.15, 0.2) is 0 Å². The number of benzene rings is 1. The van der Waals surface area contributed by atoms with Gasteiger partial charge in [-0.1, -0.05) is 0 Å². The van der Waals surface area contributed by atoms with Crippen LogP contribution in [0.15, 0.2) is 18.2 Å². The van der Waals surface area contributed by atoms with Gasteiger partial charge in [0.05, 0.1) is 20.2 Å². The molecule has 0 heterocycles. The highest BCUT2D eigenvalue weighted by atomic mass is 35.5. The second kappa shape index (κ2) is 9.44. The summed E-state index contributed by atoms with van der Waals surface area (Å²) < 4.78 is 10.1. The largest absolute Gasteiger partial charge is 1.00 e. The molecule has 0 radical (unpaired) electrons. The molecular formula is C14H22ClNO4. The van der Waals surface area contributed by atoms with E-state index in [1.54, 1.807) is 6.07 Å². The summed E-state index contributed by atoms with van der Waals surface area (Å²) in [5.74, 6) is -0.132. The Morgan fingerprint density at radius 2 is 1.95 bits per heavy atom. The van der Waals surface area contributed by atoms with Gasteiger partial charge in [0.2, 0.25) is 0 Å². The lowest BCUT2D eigenvalue weighted by atomic mass is 10.2. The van der Waals surface area contributed by atoms with Crippen LogP contribution in [0.4, 0.5) is 0 Å². The Labute approximate surface area is 125 Å². The molecule has 0 unspecified atom stereocenters. The molecule has 0 saturated heterocycles. The Balaban J connectivity index is 0.00000361. The van der Waals surface area contributed by atoms with E-state index in [0.29, 0.717) is 12.4 Å². The number of rotatable bonds is 7. The Kier molecular flexibility index (Phi) is 8.76. The van der Waals surface area contributed by atoms with Crippen molar-refractivity contribution in [2.45, 2.75) is 13.8 Å². The second-order valence-corrected chi connectivity index (χ2v) is 4.23. The molecule has 6 heteroatoms. The van der Waals surface area contributed by atoms with E-state index in [1.165, 1.54) is 24.1 Å². The van der Waals surface area contributed by atoms with Crippen LogP contribution in [0.2, 0.25) is 0 Å². The van der Waals surface area contributed by atoms with Gasteiger partial charge in [0.1, 0.15) is 30.2 Å². The number of hydrogen-bond acceptors (Lipinski definition) is 4. The van der Waals surface area contributed by atoms with Crippen molar-refractivity contribution in [3.63, 3.8) is 0 Å². The molecule has 5 nitrogen and oxygen atoms in total. The van der Waals surface area contributed by atoms with E-state index in [1.807, 2.05) is 0 Å². The fourth-order valence-corrected chi connectivity index (χ4v) is 1.78. The van der Waals surface area contributed by atoms with Gasteiger partial charge in [-0.15, -0.1) is 0 Å². The van der Waals surface area contributed by atoms with Crippen LogP contribution in [0.5, 0.6) is 11.5 Å². The predicted octanol–water partition coefficient (Wildman–Crippen LogP) is -2.51. The van der Waals surface area contributed by atoms with E-state index in [-0.39, 0.29) is 23.7 Å². The van der Waals surface area contributed by atoms with E-state index in [2.05, 4.69) is 13.8 Å². The van der Waals surface area contributed by atoms with Crippen LogP contribution >= 0.6 is 0 Å². The first-order valence-corrected chi connectivity index (χ1v) is 6.50. The Morgan fingerprint density at radius 3 is 2.45 bits per heavy atom. The molecule has 0 saturated carbocycles. The molecule has 1 aromatic carbocycles. The fraction of sp³-hybridized carbons (Fsp3) is 0.500. The number of aromatic hydroxyl groups is 1. The molecule has 0 bridgehead atoms. The van der Waals surface area contributed by atoms with E-state index >= 15 is 0 Å². The number of quaternary nitrogens is 1. The number of ether oxygens (including phenoxy) is 2. The minimum absolute atomic E-state index is 0. The monoisotopic (exact) mass is 303 g/mol. The number of phenolic OH excluding ortho intramolecular Hbond substituents is 1. The van der Waals surface area contributed by atoms with Gasteiger partial charge in [-0.3, -0.25) is 0 Å². The van der Waals surface area contributed by atoms with Gasteiger partial charge < -0.3 is 31.9 Å². The number of carbonyl (C=O) groups is 1. The molecule has 1 aromatic rings. The van der Waals surface area contributed by atoms with E-state index in [9.17, 15) is 9.90 Å². The van der Waals surface area contributed by atoms with Crippen molar-refractivity contribution in [3.05, 3.63) is 23.8 Å². The van der Waals surface area contributed by atoms with Gasteiger partial charge in [-0.25, -0.2) is 4.79 Å². The molecule has 2 N–H and O–H groups in total. The lowest BCUT2D eigenvalue weighted by Crippen LogP contribution is -3.11. The molecule has 1 rings (SSSR count). The summed E-state index contributed by atoms with van der Waals surface area (Å²) in [5.41, 5.74) is 0.162. The minimum Gasteiger partial charge on any atom is -1.00 e. The lowest BCUT2D eigenvalue weighted by molar-refractivity contribution is -0.896. The standard InChI is InChI=1S/C14H21NO4.ClH/c1-4-15(5-2)8-9-19-14(17)12-7-6-11(18-3)10-13(12)16;/h6-7,10,16H,4-5,8-9H2,1-3H3;1H. The van der Waals surface area contributed by atoms with E-state index in [0.717, 1.165) is 19.6 Å². The number of carbonyl (C=O) groups excluding carboxylic acids is 1. The molecule has 0 aromatic heterocycles. The summed E-state index contributed by atoms with van der Waals surface area (Å²) in [5, 5.41) is 9.71. The zero-order chi connectivity index (χ0) is 14.3. The fourth-order valence-electron chi connectivity index (χ4n) is 1.78. The van der Waals surface area contributed by atoms with Crippen LogP contribution in [0, 0.1) is 0 Å². The van der Waals surface area contributed by atoms with Crippen molar-refractivity contribution in [1.29, 1.82) is 0 Å². The molecule has 20 heavy (non-hydrogen) atoms. The molecule has 0 aliphatic carbocycles. The third-order valence-electron chi connectivity index (χ3n) is 3.11. The lowest BCUT2D eigenvalue weighted by Gasteiger charge is -2.15. The van der Waals surface area contributed by atoms with Gasteiger partial charge >= 0.3 is 5.97 Å². The average Bonchev–Trinajstić information content (AvgIpc) is 2.43. The van der Waals surface area contributed by atoms with Crippen LogP contribution in [0.25, 0.3) is 0 Å². The predicted molar refractivity (Wildman–Crippen MR) is 71.9 cm³/mol. The number of nitrogens with one attached hydrogen (secondary N) is 1. The minimum atomic E-state index is -0.508. The Hall–Kier alpha value is -1.46. The van der Waals surface area contributed by atoms with E-state index < -0.39 is 5.97 Å². The number of likely N-dealkylation sites (N-methyl/N-ethyl adjacent to an activating group) is 1. The van der Waals surface area contributed by atoms with Gasteiger partial charge in [-0.2, -0.15) is 0 Å². The highest BCUT2D eigenvalue weighted by Crippen LogP contribution is 2.23. The second-order valence-electron chi connectivity index (χ2n) is 4.23. The molecule has 0 atom stereocenters. The first kappa shape index (κ1) is 18.5. The smallest absolute Gasteiger partial charge is 0.342 e. The summed E-state index contributed by atoms with van der Waals surface area (Å²) >= 11 is 0. The van der Waals surface area contributed by atoms with Crippen molar-refractivity contribution in [1.82, 2.24) is 0 Å². The number of phenols is 1. The number of hydrogen-bond donors (Lipinski definition) is 2. The first-order chi connectivity index (χ1) is 9.12. The maximum absolute atomic E-state index is 11.8. The van der Waals surface area contributed by atoms with Crippen LogP contribution < -0.4 is 22.0 Å².